The van der Waals surface area contributed by atoms with Crippen LogP contribution < -0.4 is 5.32 Å². The van der Waals surface area contributed by atoms with Gasteiger partial charge in [-0.15, -0.1) is 0 Å². The number of nitrogens with one attached hydrogen (secondary N) is 1. The molecule has 0 amide bonds. The molecule has 1 heteroatoms. The van der Waals surface area contributed by atoms with Gasteiger partial charge in [-0.05, 0) is 26.3 Å². The van der Waals surface area contributed by atoms with Gasteiger partial charge in [0.25, 0.3) is 0 Å². The van der Waals surface area contributed by atoms with E-state index in [2.05, 4.69) is 24.4 Å². The molecule has 1 saturated heterocycles. The number of piperidine rings is 1. The molecule has 0 spiro atoms. The Morgan fingerprint density at radius 2 is 2.33 bits per heavy atom. The Bertz CT molecular complexity index is 90.7. The zero-order valence-corrected chi connectivity index (χ0v) is 6.06. The van der Waals surface area contributed by atoms with Crippen LogP contribution in [0.4, 0.5) is 0 Å². The van der Waals surface area contributed by atoms with E-state index in [1.165, 1.54) is 25.8 Å². The maximum atomic E-state index is 3.43. The molecule has 0 bridgehead atoms. The molecule has 0 aromatic carbocycles. The van der Waals surface area contributed by atoms with Crippen LogP contribution in [-0.4, -0.2) is 12.6 Å². The van der Waals surface area contributed by atoms with Gasteiger partial charge in [0, 0.05) is 6.04 Å². The zero-order valence-electron chi connectivity index (χ0n) is 6.06. The summed E-state index contributed by atoms with van der Waals surface area (Å²) in [4.78, 5) is 0. The minimum absolute atomic E-state index is 0.670. The van der Waals surface area contributed by atoms with Crippen LogP contribution in [0.2, 0.25) is 0 Å². The maximum Gasteiger partial charge on any atom is 0.0249 e. The number of rotatable bonds is 1. The van der Waals surface area contributed by atoms with E-state index in [1.54, 1.807) is 0 Å². The molecular weight excluding hydrogens is 110 g/mol. The first kappa shape index (κ1) is 6.81. The molecule has 1 heterocycles. The van der Waals surface area contributed by atoms with Crippen LogP contribution >= 0.6 is 0 Å². The Morgan fingerprint density at radius 3 is 2.89 bits per heavy atom. The lowest BCUT2D eigenvalue weighted by atomic mass is 10.1. The number of allylic oxidation sites excluding steroid dienone is 1. The lowest BCUT2D eigenvalue weighted by molar-refractivity contribution is 0.454. The third-order valence-electron chi connectivity index (χ3n) is 1.77. The summed E-state index contributed by atoms with van der Waals surface area (Å²) in [6.07, 6.45) is 8.45. The molecule has 0 saturated carbocycles. The van der Waals surface area contributed by atoms with Crippen molar-refractivity contribution in [1.29, 1.82) is 0 Å². The van der Waals surface area contributed by atoms with Crippen LogP contribution in [0.5, 0.6) is 0 Å². The van der Waals surface area contributed by atoms with E-state index >= 15 is 0 Å². The van der Waals surface area contributed by atoms with Crippen molar-refractivity contribution in [3.63, 3.8) is 0 Å². The molecule has 0 aromatic heterocycles. The molecule has 1 fully saturated rings. The zero-order chi connectivity index (χ0) is 6.53. The van der Waals surface area contributed by atoms with Crippen LogP contribution in [0.25, 0.3) is 0 Å². The van der Waals surface area contributed by atoms with Crippen molar-refractivity contribution in [3.05, 3.63) is 12.2 Å². The lowest BCUT2D eigenvalue weighted by Crippen LogP contribution is -2.31. The standard InChI is InChI=1S/C8H15N/c1-2-5-8-6-3-4-7-9-8/h2,5,8-9H,3-4,6-7H2,1H3/b5-2+. The summed E-state index contributed by atoms with van der Waals surface area (Å²) in [6, 6.07) is 0.670. The van der Waals surface area contributed by atoms with Crippen molar-refractivity contribution in [2.24, 2.45) is 0 Å². The van der Waals surface area contributed by atoms with Gasteiger partial charge < -0.3 is 5.32 Å². The highest BCUT2D eigenvalue weighted by Crippen LogP contribution is 2.07. The highest BCUT2D eigenvalue weighted by molar-refractivity contribution is 4.92. The van der Waals surface area contributed by atoms with Crippen molar-refractivity contribution in [2.75, 3.05) is 6.54 Å². The van der Waals surface area contributed by atoms with E-state index in [9.17, 15) is 0 Å². The second kappa shape index (κ2) is 3.67. The Labute approximate surface area is 57.1 Å². The van der Waals surface area contributed by atoms with Gasteiger partial charge in [-0.2, -0.15) is 0 Å². The van der Waals surface area contributed by atoms with Crippen molar-refractivity contribution in [3.8, 4) is 0 Å². The van der Waals surface area contributed by atoms with Gasteiger partial charge in [0.05, 0.1) is 0 Å². The summed E-state index contributed by atoms with van der Waals surface area (Å²) in [5.41, 5.74) is 0. The molecular formula is C8H15N. The summed E-state index contributed by atoms with van der Waals surface area (Å²) in [5.74, 6) is 0. The topological polar surface area (TPSA) is 12.0 Å². The van der Waals surface area contributed by atoms with Gasteiger partial charge in [0.15, 0.2) is 0 Å². The summed E-state index contributed by atoms with van der Waals surface area (Å²) >= 11 is 0. The summed E-state index contributed by atoms with van der Waals surface area (Å²) < 4.78 is 0. The monoisotopic (exact) mass is 125 g/mol. The minimum atomic E-state index is 0.670. The maximum absolute atomic E-state index is 3.43. The van der Waals surface area contributed by atoms with Gasteiger partial charge in [0.2, 0.25) is 0 Å². The van der Waals surface area contributed by atoms with Crippen molar-refractivity contribution in [1.82, 2.24) is 5.32 Å². The molecule has 0 aliphatic carbocycles. The van der Waals surface area contributed by atoms with E-state index in [-0.39, 0.29) is 0 Å². The second-order valence-electron chi connectivity index (χ2n) is 2.58. The Balaban J connectivity index is 2.23. The molecule has 52 valence electrons. The summed E-state index contributed by atoms with van der Waals surface area (Å²) in [6.45, 7) is 3.28. The Kier molecular flexibility index (Phi) is 2.78. The summed E-state index contributed by atoms with van der Waals surface area (Å²) in [7, 11) is 0. The Hall–Kier alpha value is -0.300. The molecule has 1 nitrogen and oxygen atoms in total. The SMILES string of the molecule is C/C=C/C1CCCCN1. The van der Waals surface area contributed by atoms with Gasteiger partial charge in [0.1, 0.15) is 0 Å². The fourth-order valence-electron chi connectivity index (χ4n) is 1.28. The summed E-state index contributed by atoms with van der Waals surface area (Å²) in [5, 5.41) is 3.43. The van der Waals surface area contributed by atoms with E-state index in [0.717, 1.165) is 0 Å². The first-order valence-corrected chi connectivity index (χ1v) is 3.79. The van der Waals surface area contributed by atoms with Crippen LogP contribution in [-0.2, 0) is 0 Å². The van der Waals surface area contributed by atoms with Crippen LogP contribution in [0, 0.1) is 0 Å². The van der Waals surface area contributed by atoms with E-state index < -0.39 is 0 Å². The van der Waals surface area contributed by atoms with Gasteiger partial charge in [-0.25, -0.2) is 0 Å². The fraction of sp³-hybridized carbons (Fsp3) is 0.750. The minimum Gasteiger partial charge on any atom is -0.311 e. The second-order valence-corrected chi connectivity index (χ2v) is 2.58. The molecule has 1 N–H and O–H groups in total. The predicted molar refractivity (Wildman–Crippen MR) is 40.5 cm³/mol. The van der Waals surface area contributed by atoms with Gasteiger partial charge >= 0.3 is 0 Å². The quantitative estimate of drug-likeness (QED) is 0.526. The highest BCUT2D eigenvalue weighted by atomic mass is 14.9. The molecule has 1 atom stereocenters. The average molecular weight is 125 g/mol. The molecule has 1 unspecified atom stereocenters. The molecule has 0 radical (unpaired) electrons. The predicted octanol–water partition coefficient (Wildman–Crippen LogP) is 1.70. The van der Waals surface area contributed by atoms with Gasteiger partial charge in [-0.1, -0.05) is 18.6 Å². The largest absolute Gasteiger partial charge is 0.311 e. The van der Waals surface area contributed by atoms with Crippen LogP contribution in [0.15, 0.2) is 12.2 Å². The fourth-order valence-corrected chi connectivity index (χ4v) is 1.28. The third kappa shape index (κ3) is 2.19. The normalized spacial score (nSPS) is 29.2. The number of hydrogen-bond acceptors (Lipinski definition) is 1. The van der Waals surface area contributed by atoms with E-state index in [4.69, 9.17) is 0 Å². The average Bonchev–Trinajstić information content (AvgIpc) is 1.91. The molecule has 1 aliphatic heterocycles. The van der Waals surface area contributed by atoms with Crippen molar-refractivity contribution in [2.45, 2.75) is 32.2 Å². The lowest BCUT2D eigenvalue weighted by Gasteiger charge is -2.19. The Morgan fingerprint density at radius 1 is 1.44 bits per heavy atom. The smallest absolute Gasteiger partial charge is 0.0249 e. The van der Waals surface area contributed by atoms with Gasteiger partial charge in [-0.3, -0.25) is 0 Å². The van der Waals surface area contributed by atoms with Crippen LogP contribution in [0.3, 0.4) is 0 Å². The molecule has 1 aliphatic rings. The molecule has 9 heavy (non-hydrogen) atoms. The van der Waals surface area contributed by atoms with Crippen molar-refractivity contribution >= 4 is 0 Å². The first-order valence-electron chi connectivity index (χ1n) is 3.79. The third-order valence-corrected chi connectivity index (χ3v) is 1.77. The van der Waals surface area contributed by atoms with Crippen molar-refractivity contribution < 1.29 is 0 Å². The van der Waals surface area contributed by atoms with Crippen LogP contribution in [0.1, 0.15) is 26.2 Å². The highest BCUT2D eigenvalue weighted by Gasteiger charge is 2.06. The molecule has 1 rings (SSSR count). The van der Waals surface area contributed by atoms with E-state index in [0.29, 0.717) is 6.04 Å². The number of hydrogen-bond donors (Lipinski definition) is 1. The van der Waals surface area contributed by atoms with E-state index in [1.807, 2.05) is 0 Å². The molecule has 0 aromatic rings. The first-order chi connectivity index (χ1) is 4.43.